The summed E-state index contributed by atoms with van der Waals surface area (Å²) in [5.41, 5.74) is 4.67. The number of hydrogen-bond acceptors (Lipinski definition) is 1. The number of rotatable bonds is 2. The Kier molecular flexibility index (Phi) is 4.07. The predicted molar refractivity (Wildman–Crippen MR) is 78.8 cm³/mol. The van der Waals surface area contributed by atoms with Crippen molar-refractivity contribution in [2.75, 3.05) is 0 Å². The topological polar surface area (TPSA) is 20.2 Å². The molecule has 3 heteroatoms. The Morgan fingerprint density at radius 3 is 2.32 bits per heavy atom. The highest BCUT2D eigenvalue weighted by atomic mass is 79.9. The number of halogens is 2. The van der Waals surface area contributed by atoms with Gasteiger partial charge in [0.05, 0.1) is 4.47 Å². The molecule has 0 spiro atoms. The van der Waals surface area contributed by atoms with Crippen molar-refractivity contribution in [2.24, 2.45) is 0 Å². The molecule has 1 nitrogen and oxygen atoms in total. The van der Waals surface area contributed by atoms with Crippen LogP contribution < -0.4 is 0 Å². The maximum atomic E-state index is 13.5. The van der Waals surface area contributed by atoms with E-state index in [9.17, 15) is 9.50 Å². The first-order chi connectivity index (χ1) is 8.91. The van der Waals surface area contributed by atoms with Crippen LogP contribution in [0.25, 0.3) is 0 Å². The van der Waals surface area contributed by atoms with Crippen LogP contribution in [-0.4, -0.2) is 5.11 Å². The van der Waals surface area contributed by atoms with E-state index >= 15 is 0 Å². The van der Waals surface area contributed by atoms with E-state index in [1.54, 1.807) is 12.1 Å². The molecule has 1 N–H and O–H groups in total. The molecule has 0 aromatic heterocycles. The van der Waals surface area contributed by atoms with Crippen LogP contribution in [0.4, 0.5) is 4.39 Å². The second-order valence-electron chi connectivity index (χ2n) is 4.84. The van der Waals surface area contributed by atoms with Crippen molar-refractivity contribution in [1.82, 2.24) is 0 Å². The summed E-state index contributed by atoms with van der Waals surface area (Å²) >= 11 is 3.20. The third-order valence-corrected chi connectivity index (χ3v) is 4.29. The smallest absolute Gasteiger partial charge is 0.137 e. The molecule has 0 amide bonds. The lowest BCUT2D eigenvalue weighted by Gasteiger charge is -2.17. The van der Waals surface area contributed by atoms with Crippen molar-refractivity contribution in [3.05, 3.63) is 68.4 Å². The molecule has 0 heterocycles. The highest BCUT2D eigenvalue weighted by molar-refractivity contribution is 9.10. The molecular formula is C16H16BrFO. The summed E-state index contributed by atoms with van der Waals surface area (Å²) in [7, 11) is 0. The molecule has 0 aliphatic carbocycles. The maximum Gasteiger partial charge on any atom is 0.137 e. The highest BCUT2D eigenvalue weighted by Gasteiger charge is 2.18. The maximum absolute atomic E-state index is 13.5. The fourth-order valence-electron chi connectivity index (χ4n) is 2.18. The lowest BCUT2D eigenvalue weighted by atomic mass is 9.93. The number of hydrogen-bond donors (Lipinski definition) is 1. The lowest BCUT2D eigenvalue weighted by Crippen LogP contribution is -2.05. The summed E-state index contributed by atoms with van der Waals surface area (Å²) in [5, 5.41) is 10.5. The molecule has 1 atom stereocenters. The predicted octanol–water partition coefficient (Wildman–Crippen LogP) is 4.60. The van der Waals surface area contributed by atoms with Crippen molar-refractivity contribution in [1.29, 1.82) is 0 Å². The summed E-state index contributed by atoms with van der Waals surface area (Å²) in [4.78, 5) is 0. The Labute approximate surface area is 121 Å². The van der Waals surface area contributed by atoms with Crippen LogP contribution in [0.3, 0.4) is 0 Å². The summed E-state index contributed by atoms with van der Waals surface area (Å²) < 4.78 is 13.9. The van der Waals surface area contributed by atoms with E-state index in [-0.39, 0.29) is 5.82 Å². The van der Waals surface area contributed by atoms with E-state index < -0.39 is 6.10 Å². The molecule has 0 fully saturated rings. The van der Waals surface area contributed by atoms with Gasteiger partial charge in [0.2, 0.25) is 0 Å². The first-order valence-electron chi connectivity index (χ1n) is 6.11. The van der Waals surface area contributed by atoms with Crippen LogP contribution in [-0.2, 0) is 0 Å². The first kappa shape index (κ1) is 14.2. The average Bonchev–Trinajstić information content (AvgIpc) is 2.36. The second kappa shape index (κ2) is 5.43. The molecule has 2 aromatic carbocycles. The van der Waals surface area contributed by atoms with Crippen LogP contribution >= 0.6 is 15.9 Å². The zero-order chi connectivity index (χ0) is 14.2. The monoisotopic (exact) mass is 322 g/mol. The standard InChI is InChI=1S/C16H16BrFO/c1-9-7-11(3)13(8-10(9)2)16(19)12-5-4-6-14(18)15(12)17/h4-8,16,19H,1-3H3. The minimum absolute atomic E-state index is 0.320. The molecule has 2 rings (SSSR count). The molecule has 100 valence electrons. The molecule has 0 radical (unpaired) electrons. The zero-order valence-corrected chi connectivity index (χ0v) is 12.8. The van der Waals surface area contributed by atoms with Crippen LogP contribution in [0.1, 0.15) is 33.9 Å². The fourth-order valence-corrected chi connectivity index (χ4v) is 2.66. The average molecular weight is 323 g/mol. The van der Waals surface area contributed by atoms with E-state index in [1.807, 2.05) is 32.9 Å². The summed E-state index contributed by atoms with van der Waals surface area (Å²) in [6, 6.07) is 8.71. The Morgan fingerprint density at radius 1 is 1.00 bits per heavy atom. The van der Waals surface area contributed by atoms with E-state index in [1.165, 1.54) is 11.6 Å². The first-order valence-corrected chi connectivity index (χ1v) is 6.91. The molecule has 0 saturated heterocycles. The van der Waals surface area contributed by atoms with Gasteiger partial charge in [-0.3, -0.25) is 0 Å². The largest absolute Gasteiger partial charge is 0.384 e. The number of aliphatic hydroxyl groups is 1. The minimum atomic E-state index is -0.829. The number of aliphatic hydroxyl groups excluding tert-OH is 1. The van der Waals surface area contributed by atoms with Gasteiger partial charge in [0.15, 0.2) is 0 Å². The summed E-state index contributed by atoms with van der Waals surface area (Å²) in [6.45, 7) is 6.00. The molecule has 19 heavy (non-hydrogen) atoms. The summed E-state index contributed by atoms with van der Waals surface area (Å²) in [5.74, 6) is -0.363. The molecule has 0 aliphatic heterocycles. The van der Waals surface area contributed by atoms with Crippen molar-refractivity contribution in [2.45, 2.75) is 26.9 Å². The third-order valence-electron chi connectivity index (χ3n) is 3.45. The van der Waals surface area contributed by atoms with Crippen LogP contribution in [0.2, 0.25) is 0 Å². The Morgan fingerprint density at radius 2 is 1.63 bits per heavy atom. The van der Waals surface area contributed by atoms with E-state index in [0.717, 1.165) is 16.7 Å². The molecule has 1 unspecified atom stereocenters. The van der Waals surface area contributed by atoms with Crippen molar-refractivity contribution >= 4 is 15.9 Å². The molecule has 0 bridgehead atoms. The van der Waals surface area contributed by atoms with Crippen molar-refractivity contribution in [3.63, 3.8) is 0 Å². The van der Waals surface area contributed by atoms with Gasteiger partial charge in [-0.05, 0) is 65.0 Å². The molecular weight excluding hydrogens is 307 g/mol. The van der Waals surface area contributed by atoms with Gasteiger partial charge in [-0.25, -0.2) is 4.39 Å². The minimum Gasteiger partial charge on any atom is -0.384 e. The quantitative estimate of drug-likeness (QED) is 0.857. The Hall–Kier alpha value is -1.19. The van der Waals surface area contributed by atoms with Crippen molar-refractivity contribution < 1.29 is 9.50 Å². The van der Waals surface area contributed by atoms with Gasteiger partial charge in [0.25, 0.3) is 0 Å². The second-order valence-corrected chi connectivity index (χ2v) is 5.63. The SMILES string of the molecule is Cc1cc(C)c(C(O)c2cccc(F)c2Br)cc1C. The van der Waals surface area contributed by atoms with Gasteiger partial charge in [-0.15, -0.1) is 0 Å². The van der Waals surface area contributed by atoms with Crippen LogP contribution in [0.5, 0.6) is 0 Å². The molecule has 0 aliphatic rings. The Balaban J connectivity index is 2.53. The highest BCUT2D eigenvalue weighted by Crippen LogP contribution is 2.32. The zero-order valence-electron chi connectivity index (χ0n) is 11.2. The number of aryl methyl sites for hydroxylation is 3. The van der Waals surface area contributed by atoms with Crippen LogP contribution in [0, 0.1) is 26.6 Å². The van der Waals surface area contributed by atoms with Gasteiger partial charge in [0, 0.05) is 5.56 Å². The van der Waals surface area contributed by atoms with Crippen LogP contribution in [0.15, 0.2) is 34.8 Å². The van der Waals surface area contributed by atoms with E-state index in [2.05, 4.69) is 15.9 Å². The van der Waals surface area contributed by atoms with Gasteiger partial charge < -0.3 is 5.11 Å². The molecule has 2 aromatic rings. The normalized spacial score (nSPS) is 12.5. The summed E-state index contributed by atoms with van der Waals surface area (Å²) in [6.07, 6.45) is -0.829. The van der Waals surface area contributed by atoms with E-state index in [0.29, 0.717) is 10.0 Å². The number of benzene rings is 2. The van der Waals surface area contributed by atoms with Gasteiger partial charge in [-0.2, -0.15) is 0 Å². The van der Waals surface area contributed by atoms with Crippen molar-refractivity contribution in [3.8, 4) is 0 Å². The van der Waals surface area contributed by atoms with E-state index in [4.69, 9.17) is 0 Å². The molecule has 0 saturated carbocycles. The Bertz CT molecular complexity index is 622. The lowest BCUT2D eigenvalue weighted by molar-refractivity contribution is 0.218. The van der Waals surface area contributed by atoms with Gasteiger partial charge in [-0.1, -0.05) is 24.3 Å². The fraction of sp³-hybridized carbons (Fsp3) is 0.250. The third kappa shape index (κ3) is 2.72. The van der Waals surface area contributed by atoms with Gasteiger partial charge >= 0.3 is 0 Å². The van der Waals surface area contributed by atoms with Gasteiger partial charge in [0.1, 0.15) is 11.9 Å².